The average Bonchev–Trinajstić information content (AvgIpc) is 2.67. The smallest absolute Gasteiger partial charge is 0.665 e. The third-order valence-corrected chi connectivity index (χ3v) is 4.40. The number of nitrogens with zero attached hydrogens (tertiary/aromatic N) is 1. The number of hydrogen-bond acceptors (Lipinski definition) is 2. The van der Waals surface area contributed by atoms with Gasteiger partial charge < -0.3 is 16.0 Å². The van der Waals surface area contributed by atoms with Gasteiger partial charge in [0.1, 0.15) is 0 Å². The molecular weight excluding hydrogens is 345 g/mol. The zero-order valence-corrected chi connectivity index (χ0v) is 19.6. The molecule has 26 heavy (non-hydrogen) atoms. The summed E-state index contributed by atoms with van der Waals surface area (Å²) in [4.78, 5) is 0. The Labute approximate surface area is 201 Å². The van der Waals surface area contributed by atoms with Crippen molar-refractivity contribution in [1.29, 1.82) is 0 Å². The molecule has 2 aromatic carbocycles. The van der Waals surface area contributed by atoms with E-state index in [1.54, 1.807) is 0 Å². The van der Waals surface area contributed by atoms with Crippen LogP contribution in [0, 0.1) is 0 Å². The number of unbranched alkanes of at least 4 members (excludes halogenated alkanes) is 3. The Balaban J connectivity index is 0.00000338. The molecule has 0 unspecified atom stereocenters. The van der Waals surface area contributed by atoms with Crippen LogP contribution in [0.15, 0.2) is 49.0 Å². The maximum Gasteiger partial charge on any atom is 1.00 e. The molecule has 0 radical (unpaired) electrons. The molecule has 0 saturated heterocycles. The molecule has 2 rings (SSSR count). The molecule has 4 heteroatoms. The van der Waals surface area contributed by atoms with Gasteiger partial charge in [0.2, 0.25) is 0 Å². The van der Waals surface area contributed by atoms with Crippen molar-refractivity contribution >= 4 is 17.5 Å². The van der Waals surface area contributed by atoms with E-state index in [0.29, 0.717) is 0 Å². The second kappa shape index (κ2) is 13.5. The van der Waals surface area contributed by atoms with E-state index in [1.165, 1.54) is 42.5 Å². The summed E-state index contributed by atoms with van der Waals surface area (Å²) in [6, 6.07) is 15.1. The number of anilines is 2. The first-order chi connectivity index (χ1) is 12.3. The summed E-state index contributed by atoms with van der Waals surface area (Å²) < 4.78 is 0. The number of hydrogen-bond donors (Lipinski definition) is 2. The standard InChI is InChI=1S/C22H30N3.K/c1-4-18-9-10-20(17-22(18)24-3)19-11-13-21(14-12-19)25-16-8-6-5-7-15-23-2;/h4,9-14,17,24-25H,1,5-8,15-16H2,2-3H3;/q-1;+1. The second-order valence-corrected chi connectivity index (χ2v) is 6.21. The van der Waals surface area contributed by atoms with Gasteiger partial charge in [-0.2, -0.15) is 7.05 Å². The van der Waals surface area contributed by atoms with Crippen LogP contribution in [0.5, 0.6) is 0 Å². The maximum atomic E-state index is 4.13. The molecule has 0 bridgehead atoms. The van der Waals surface area contributed by atoms with Crippen LogP contribution in [-0.4, -0.2) is 27.2 Å². The minimum absolute atomic E-state index is 0. The third-order valence-electron chi connectivity index (χ3n) is 4.40. The first-order valence-electron chi connectivity index (χ1n) is 9.12. The molecule has 134 valence electrons. The molecule has 0 aromatic heterocycles. The van der Waals surface area contributed by atoms with E-state index in [0.717, 1.165) is 24.3 Å². The summed E-state index contributed by atoms with van der Waals surface area (Å²) in [5.74, 6) is 0. The first-order valence-corrected chi connectivity index (χ1v) is 9.12. The Morgan fingerprint density at radius 2 is 1.65 bits per heavy atom. The Bertz CT molecular complexity index is 653. The van der Waals surface area contributed by atoms with Crippen LogP contribution in [-0.2, 0) is 0 Å². The van der Waals surface area contributed by atoms with E-state index in [1.807, 2.05) is 20.2 Å². The molecule has 0 amide bonds. The normalized spacial score (nSPS) is 10.1. The maximum absolute atomic E-state index is 4.13. The number of benzene rings is 2. The van der Waals surface area contributed by atoms with Crippen molar-refractivity contribution in [2.75, 3.05) is 37.8 Å². The average molecular weight is 376 g/mol. The fourth-order valence-corrected chi connectivity index (χ4v) is 2.89. The van der Waals surface area contributed by atoms with E-state index < -0.39 is 0 Å². The molecule has 0 fully saturated rings. The number of rotatable bonds is 11. The van der Waals surface area contributed by atoms with Gasteiger partial charge in [0.15, 0.2) is 0 Å². The largest absolute Gasteiger partial charge is 1.00 e. The minimum atomic E-state index is 0. The monoisotopic (exact) mass is 375 g/mol. The molecule has 0 aliphatic carbocycles. The molecule has 2 N–H and O–H groups in total. The molecule has 0 spiro atoms. The van der Waals surface area contributed by atoms with Gasteiger partial charge in [0.25, 0.3) is 0 Å². The van der Waals surface area contributed by atoms with E-state index in [9.17, 15) is 0 Å². The van der Waals surface area contributed by atoms with Gasteiger partial charge in [-0.3, -0.25) is 0 Å². The van der Waals surface area contributed by atoms with Crippen LogP contribution in [0.2, 0.25) is 0 Å². The van der Waals surface area contributed by atoms with Gasteiger partial charge in [-0.15, -0.1) is 6.54 Å². The first kappa shape index (κ1) is 23.4. The summed E-state index contributed by atoms with van der Waals surface area (Å²) in [6.07, 6.45) is 6.83. The Kier molecular flexibility index (Phi) is 12.2. The Morgan fingerprint density at radius 1 is 0.962 bits per heavy atom. The van der Waals surface area contributed by atoms with Crippen molar-refractivity contribution in [2.24, 2.45) is 0 Å². The molecule has 0 aliphatic heterocycles. The second-order valence-electron chi connectivity index (χ2n) is 6.21. The predicted molar refractivity (Wildman–Crippen MR) is 113 cm³/mol. The van der Waals surface area contributed by atoms with Crippen molar-refractivity contribution in [3.8, 4) is 11.1 Å². The topological polar surface area (TPSA) is 38.2 Å². The molecule has 0 saturated carbocycles. The van der Waals surface area contributed by atoms with Gasteiger partial charge in [0, 0.05) is 25.0 Å². The quantitative estimate of drug-likeness (QED) is 0.468. The van der Waals surface area contributed by atoms with Gasteiger partial charge >= 0.3 is 51.4 Å². The van der Waals surface area contributed by atoms with Crippen LogP contribution in [0.1, 0.15) is 31.2 Å². The van der Waals surface area contributed by atoms with Gasteiger partial charge in [-0.05, 0) is 41.3 Å². The molecule has 3 nitrogen and oxygen atoms in total. The summed E-state index contributed by atoms with van der Waals surface area (Å²) >= 11 is 0. The van der Waals surface area contributed by atoms with Gasteiger partial charge in [-0.1, -0.05) is 56.2 Å². The SMILES string of the molecule is C=Cc1ccc(-c2ccc(NCCCCCC[N-]C)cc2)cc1NC.[K+]. The van der Waals surface area contributed by atoms with E-state index >= 15 is 0 Å². The predicted octanol–water partition coefficient (Wildman–Crippen LogP) is 3.02. The van der Waals surface area contributed by atoms with Crippen LogP contribution in [0.4, 0.5) is 11.4 Å². The van der Waals surface area contributed by atoms with E-state index in [-0.39, 0.29) is 51.4 Å². The van der Waals surface area contributed by atoms with Crippen molar-refractivity contribution in [3.05, 3.63) is 59.9 Å². The van der Waals surface area contributed by atoms with Crippen LogP contribution in [0.3, 0.4) is 0 Å². The van der Waals surface area contributed by atoms with Gasteiger partial charge in [-0.25, -0.2) is 0 Å². The fourth-order valence-electron chi connectivity index (χ4n) is 2.89. The molecule has 2 aromatic rings. The third kappa shape index (κ3) is 7.55. The van der Waals surface area contributed by atoms with Crippen molar-refractivity contribution in [1.82, 2.24) is 0 Å². The molecule has 0 aliphatic rings. The van der Waals surface area contributed by atoms with E-state index in [4.69, 9.17) is 0 Å². The summed E-state index contributed by atoms with van der Waals surface area (Å²) in [5, 5.41) is 10.9. The van der Waals surface area contributed by atoms with Crippen molar-refractivity contribution in [2.45, 2.75) is 25.7 Å². The van der Waals surface area contributed by atoms with Crippen molar-refractivity contribution in [3.63, 3.8) is 0 Å². The Morgan fingerprint density at radius 3 is 2.31 bits per heavy atom. The Hall–Kier alpha value is -0.624. The summed E-state index contributed by atoms with van der Waals surface area (Å²) in [5.41, 5.74) is 5.84. The van der Waals surface area contributed by atoms with Crippen LogP contribution < -0.4 is 62.0 Å². The summed E-state index contributed by atoms with van der Waals surface area (Å²) in [7, 11) is 3.83. The summed E-state index contributed by atoms with van der Waals surface area (Å²) in [6.45, 7) is 5.88. The zero-order chi connectivity index (χ0) is 17.9. The fraction of sp³-hybridized carbons (Fsp3) is 0.364. The molecule has 0 atom stereocenters. The van der Waals surface area contributed by atoms with Crippen molar-refractivity contribution < 1.29 is 51.4 Å². The zero-order valence-electron chi connectivity index (χ0n) is 16.5. The molecular formula is C22H30KN3. The van der Waals surface area contributed by atoms with Crippen LogP contribution >= 0.6 is 0 Å². The molecule has 0 heterocycles. The minimum Gasteiger partial charge on any atom is -0.665 e. The number of nitrogens with one attached hydrogen (secondary N) is 2. The van der Waals surface area contributed by atoms with E-state index in [2.05, 4.69) is 65.0 Å². The van der Waals surface area contributed by atoms with Gasteiger partial charge in [0.05, 0.1) is 0 Å². The van der Waals surface area contributed by atoms with Crippen LogP contribution in [0.25, 0.3) is 22.5 Å².